The number of benzene rings is 2. The number of anilines is 3. The summed E-state index contributed by atoms with van der Waals surface area (Å²) >= 11 is 5.89. The number of carbonyl (C=O) groups is 1. The molecule has 1 unspecified atom stereocenters. The van der Waals surface area contributed by atoms with Crippen LogP contribution < -0.4 is 10.6 Å². The van der Waals surface area contributed by atoms with Gasteiger partial charge in [0, 0.05) is 29.6 Å². The maximum absolute atomic E-state index is 13.5. The Hall–Kier alpha value is -3.49. The molecule has 1 atom stereocenters. The van der Waals surface area contributed by atoms with E-state index in [-0.39, 0.29) is 11.1 Å². The maximum atomic E-state index is 13.5. The predicted octanol–water partition coefficient (Wildman–Crippen LogP) is 5.76. The average molecular weight is 483 g/mol. The molecule has 2 heterocycles. The van der Waals surface area contributed by atoms with E-state index in [4.69, 9.17) is 16.3 Å². The fourth-order valence-electron chi connectivity index (χ4n) is 3.62. The first-order valence-corrected chi connectivity index (χ1v) is 11.3. The Morgan fingerprint density at radius 1 is 1.32 bits per heavy atom. The fourth-order valence-corrected chi connectivity index (χ4v) is 3.80. The highest BCUT2D eigenvalue weighted by atomic mass is 35.5. The molecule has 1 fully saturated rings. The third-order valence-electron chi connectivity index (χ3n) is 5.43. The molecule has 34 heavy (non-hydrogen) atoms. The molecule has 1 aliphatic heterocycles. The number of halogens is 2. The van der Waals surface area contributed by atoms with Crippen molar-refractivity contribution in [2.45, 2.75) is 25.8 Å². The van der Waals surface area contributed by atoms with E-state index >= 15 is 0 Å². The molecule has 176 valence electrons. The van der Waals surface area contributed by atoms with Gasteiger partial charge < -0.3 is 20.5 Å². The van der Waals surface area contributed by atoms with Crippen molar-refractivity contribution >= 4 is 41.1 Å². The lowest BCUT2D eigenvalue weighted by Crippen LogP contribution is -2.20. The maximum Gasteiger partial charge on any atom is 0.331 e. The number of aromatic nitrogens is 2. The van der Waals surface area contributed by atoms with Crippen molar-refractivity contribution in [3.8, 4) is 11.1 Å². The van der Waals surface area contributed by atoms with Crippen LogP contribution in [0.15, 0.2) is 54.2 Å². The Bertz CT molecular complexity index is 1230. The summed E-state index contributed by atoms with van der Waals surface area (Å²) in [4.78, 5) is 20.5. The Morgan fingerprint density at radius 2 is 2.18 bits per heavy atom. The van der Waals surface area contributed by atoms with Crippen LogP contribution in [0.3, 0.4) is 0 Å². The number of carboxylic acids is 1. The molecule has 0 spiro atoms. The Kier molecular flexibility index (Phi) is 7.40. The molecular weight excluding hydrogens is 459 g/mol. The fraction of sp³-hybridized carbons (Fsp3) is 0.240. The molecule has 1 aromatic heterocycles. The summed E-state index contributed by atoms with van der Waals surface area (Å²) < 4.78 is 19.0. The number of carboxylic acid groups (broad SMARTS) is 1. The van der Waals surface area contributed by atoms with Crippen LogP contribution in [-0.4, -0.2) is 40.3 Å². The minimum atomic E-state index is -0.934. The van der Waals surface area contributed by atoms with Gasteiger partial charge in [0.1, 0.15) is 11.6 Å². The third-order valence-corrected chi connectivity index (χ3v) is 5.72. The van der Waals surface area contributed by atoms with Gasteiger partial charge in [-0.25, -0.2) is 14.2 Å². The minimum Gasteiger partial charge on any atom is -0.478 e. The number of nitrogens with zero attached hydrogens (tertiary/aromatic N) is 2. The van der Waals surface area contributed by atoms with Crippen LogP contribution in [-0.2, 0) is 9.53 Å². The summed E-state index contributed by atoms with van der Waals surface area (Å²) in [5.41, 5.74) is 3.26. The Balaban J connectivity index is 1.69. The van der Waals surface area contributed by atoms with Crippen molar-refractivity contribution in [2.75, 3.05) is 23.8 Å². The van der Waals surface area contributed by atoms with Crippen molar-refractivity contribution in [1.82, 2.24) is 9.97 Å². The highest BCUT2D eigenvalue weighted by Gasteiger charge is 2.19. The number of hydrogen-bond acceptors (Lipinski definition) is 6. The molecule has 0 radical (unpaired) electrons. The van der Waals surface area contributed by atoms with E-state index in [1.165, 1.54) is 12.1 Å². The van der Waals surface area contributed by atoms with E-state index in [9.17, 15) is 14.3 Å². The predicted molar refractivity (Wildman–Crippen MR) is 131 cm³/mol. The molecule has 1 aliphatic rings. The van der Waals surface area contributed by atoms with Crippen molar-refractivity contribution in [2.24, 2.45) is 0 Å². The molecule has 1 saturated heterocycles. The second-order valence-electron chi connectivity index (χ2n) is 7.87. The first kappa shape index (κ1) is 23.7. The molecule has 9 heteroatoms. The number of ether oxygens (including phenoxy) is 1. The smallest absolute Gasteiger partial charge is 0.331 e. The van der Waals surface area contributed by atoms with Crippen LogP contribution in [0.1, 0.15) is 25.3 Å². The monoisotopic (exact) mass is 482 g/mol. The number of aliphatic carboxylic acids is 1. The zero-order valence-corrected chi connectivity index (χ0v) is 19.3. The van der Waals surface area contributed by atoms with E-state index in [2.05, 4.69) is 20.6 Å². The van der Waals surface area contributed by atoms with Gasteiger partial charge >= 0.3 is 5.97 Å². The number of hydrogen-bond donors (Lipinski definition) is 3. The van der Waals surface area contributed by atoms with E-state index in [1.54, 1.807) is 18.3 Å². The largest absolute Gasteiger partial charge is 0.478 e. The summed E-state index contributed by atoms with van der Waals surface area (Å²) in [6.07, 6.45) is 4.63. The topological polar surface area (TPSA) is 96.4 Å². The van der Waals surface area contributed by atoms with Crippen molar-refractivity contribution < 1.29 is 19.0 Å². The van der Waals surface area contributed by atoms with Gasteiger partial charge in [0.25, 0.3) is 0 Å². The molecular formula is C25H24ClFN4O3. The third kappa shape index (κ3) is 5.70. The van der Waals surface area contributed by atoms with Gasteiger partial charge in [-0.15, -0.1) is 0 Å². The summed E-state index contributed by atoms with van der Waals surface area (Å²) in [5, 5.41) is 15.8. The van der Waals surface area contributed by atoms with Crippen LogP contribution in [0.5, 0.6) is 0 Å². The summed E-state index contributed by atoms with van der Waals surface area (Å²) in [5.74, 6) is -0.509. The minimum absolute atomic E-state index is 0.000696. The highest BCUT2D eigenvalue weighted by Crippen LogP contribution is 2.30. The number of rotatable bonds is 8. The first-order valence-electron chi connectivity index (χ1n) is 10.9. The van der Waals surface area contributed by atoms with Crippen molar-refractivity contribution in [3.63, 3.8) is 0 Å². The quantitative estimate of drug-likeness (QED) is 0.351. The van der Waals surface area contributed by atoms with Crippen LogP contribution >= 0.6 is 11.6 Å². The Labute approximate surface area is 201 Å². The number of nitrogens with one attached hydrogen (secondary N) is 2. The van der Waals surface area contributed by atoms with Gasteiger partial charge in [-0.2, -0.15) is 4.98 Å². The molecule has 4 rings (SSSR count). The van der Waals surface area contributed by atoms with Gasteiger partial charge in [0.2, 0.25) is 5.95 Å². The summed E-state index contributed by atoms with van der Waals surface area (Å²) in [6.45, 7) is 3.05. The van der Waals surface area contributed by atoms with E-state index in [0.717, 1.165) is 23.1 Å². The normalized spacial score (nSPS) is 15.9. The van der Waals surface area contributed by atoms with Crippen molar-refractivity contribution in [3.05, 3.63) is 70.6 Å². The zero-order valence-electron chi connectivity index (χ0n) is 18.5. The first-order chi connectivity index (χ1) is 16.4. The van der Waals surface area contributed by atoms with Gasteiger partial charge in [-0.3, -0.25) is 0 Å². The second kappa shape index (κ2) is 10.6. The van der Waals surface area contributed by atoms with Gasteiger partial charge in [-0.1, -0.05) is 36.7 Å². The molecule has 3 aromatic rings. The molecule has 3 N–H and O–H groups in total. The van der Waals surface area contributed by atoms with Crippen LogP contribution in [0, 0.1) is 5.82 Å². The zero-order chi connectivity index (χ0) is 24.1. The van der Waals surface area contributed by atoms with Gasteiger partial charge in [0.15, 0.2) is 0 Å². The van der Waals surface area contributed by atoms with Crippen LogP contribution in [0.2, 0.25) is 5.02 Å². The molecule has 0 amide bonds. The lowest BCUT2D eigenvalue weighted by molar-refractivity contribution is -0.132. The summed E-state index contributed by atoms with van der Waals surface area (Å²) in [6, 6.07) is 11.9. The molecule has 0 saturated carbocycles. The Morgan fingerprint density at radius 3 is 2.88 bits per heavy atom. The lowest BCUT2D eigenvalue weighted by Gasteiger charge is -2.17. The second-order valence-corrected chi connectivity index (χ2v) is 8.28. The van der Waals surface area contributed by atoms with Crippen molar-refractivity contribution in [1.29, 1.82) is 0 Å². The van der Waals surface area contributed by atoms with E-state index in [0.29, 0.717) is 42.7 Å². The van der Waals surface area contributed by atoms with Crippen LogP contribution in [0.25, 0.3) is 17.2 Å². The van der Waals surface area contributed by atoms with E-state index in [1.807, 2.05) is 31.2 Å². The SMILES string of the molecule is CC/C(=C\c1cccc(-c2cnc(Nc3ccc(F)c(Cl)c3)nc2NC2CCOC2)c1)C(=O)O. The van der Waals surface area contributed by atoms with Crippen LogP contribution in [0.4, 0.5) is 21.8 Å². The lowest BCUT2D eigenvalue weighted by atomic mass is 10.0. The average Bonchev–Trinajstić information content (AvgIpc) is 3.33. The van der Waals surface area contributed by atoms with Gasteiger partial charge in [0.05, 0.1) is 17.7 Å². The standard InChI is InChI=1S/C25H24ClFN4O3/c1-2-16(24(32)33)10-15-4-3-5-17(11-15)20-13-28-25(30-18-6-7-22(27)21(26)12-18)31-23(20)29-19-8-9-34-14-19/h3-7,10-13,19H,2,8-9,14H2,1H3,(H,32,33)(H2,28,29,30,31)/b16-10+. The molecule has 0 bridgehead atoms. The highest BCUT2D eigenvalue weighted by molar-refractivity contribution is 6.31. The molecule has 7 nitrogen and oxygen atoms in total. The van der Waals surface area contributed by atoms with E-state index < -0.39 is 11.8 Å². The summed E-state index contributed by atoms with van der Waals surface area (Å²) in [7, 11) is 0. The molecule has 0 aliphatic carbocycles. The molecule has 2 aromatic carbocycles. The van der Waals surface area contributed by atoms with Gasteiger partial charge in [-0.05, 0) is 54.3 Å².